The molecule has 4 nitrogen and oxygen atoms in total. The Kier molecular flexibility index (Phi) is 4.80. The summed E-state index contributed by atoms with van der Waals surface area (Å²) in [6, 6.07) is 0.623. The van der Waals surface area contributed by atoms with Gasteiger partial charge in [-0.3, -0.25) is 4.99 Å². The highest BCUT2D eigenvalue weighted by Gasteiger charge is 2.33. The van der Waals surface area contributed by atoms with E-state index in [0.29, 0.717) is 6.04 Å². The maximum Gasteiger partial charge on any atom is 0.191 e. The maximum absolute atomic E-state index is 4.27. The van der Waals surface area contributed by atoms with Crippen LogP contribution >= 0.6 is 0 Å². The van der Waals surface area contributed by atoms with Crippen molar-refractivity contribution in [2.45, 2.75) is 33.2 Å². The molecule has 17 heavy (non-hydrogen) atoms. The third kappa shape index (κ3) is 5.39. The van der Waals surface area contributed by atoms with Crippen molar-refractivity contribution in [3.63, 3.8) is 0 Å². The predicted octanol–water partition coefficient (Wildman–Crippen LogP) is 1.15. The van der Waals surface area contributed by atoms with Gasteiger partial charge >= 0.3 is 0 Å². The average Bonchev–Trinajstić information content (AvgIpc) is 2.87. The van der Waals surface area contributed by atoms with E-state index in [1.54, 1.807) is 0 Å². The van der Waals surface area contributed by atoms with E-state index in [9.17, 15) is 0 Å². The van der Waals surface area contributed by atoms with Crippen LogP contribution in [0.15, 0.2) is 4.99 Å². The molecule has 1 fully saturated rings. The van der Waals surface area contributed by atoms with Crippen LogP contribution in [0.25, 0.3) is 0 Å². The Hall–Kier alpha value is -0.770. The number of aliphatic imine (C=N–C) groups is 1. The summed E-state index contributed by atoms with van der Waals surface area (Å²) in [6.07, 6.45) is 1.27. The van der Waals surface area contributed by atoms with Crippen LogP contribution in [-0.4, -0.2) is 51.1 Å². The van der Waals surface area contributed by atoms with Crippen molar-refractivity contribution in [3.8, 4) is 0 Å². The Morgan fingerprint density at radius 2 is 2.00 bits per heavy atom. The lowest BCUT2D eigenvalue weighted by Crippen LogP contribution is -2.45. The summed E-state index contributed by atoms with van der Waals surface area (Å²) < 4.78 is 0. The van der Waals surface area contributed by atoms with E-state index in [2.05, 4.69) is 55.4 Å². The molecule has 0 amide bonds. The minimum Gasteiger partial charge on any atom is -0.356 e. The summed E-state index contributed by atoms with van der Waals surface area (Å²) in [6.45, 7) is 8.81. The molecule has 2 atom stereocenters. The van der Waals surface area contributed by atoms with Crippen LogP contribution in [0.1, 0.15) is 27.2 Å². The molecule has 0 aromatic carbocycles. The Bertz CT molecular complexity index is 271. The monoisotopic (exact) mass is 240 g/mol. The zero-order chi connectivity index (χ0) is 13.1. The quantitative estimate of drug-likeness (QED) is 0.559. The van der Waals surface area contributed by atoms with Crippen molar-refractivity contribution in [2.24, 2.45) is 16.3 Å². The van der Waals surface area contributed by atoms with E-state index in [1.807, 2.05) is 7.05 Å². The molecule has 1 saturated carbocycles. The van der Waals surface area contributed by atoms with Crippen LogP contribution in [0.5, 0.6) is 0 Å². The fourth-order valence-electron chi connectivity index (χ4n) is 2.13. The van der Waals surface area contributed by atoms with E-state index in [0.717, 1.165) is 25.0 Å². The minimum absolute atomic E-state index is 0.246. The van der Waals surface area contributed by atoms with Crippen LogP contribution in [0.4, 0.5) is 0 Å². The minimum atomic E-state index is 0.246. The van der Waals surface area contributed by atoms with Gasteiger partial charge in [0.2, 0.25) is 0 Å². The van der Waals surface area contributed by atoms with Gasteiger partial charge in [0.25, 0.3) is 0 Å². The Morgan fingerprint density at radius 1 is 1.41 bits per heavy atom. The van der Waals surface area contributed by atoms with Gasteiger partial charge in [0, 0.05) is 26.2 Å². The molecule has 1 aliphatic carbocycles. The summed E-state index contributed by atoms with van der Waals surface area (Å²) in [7, 11) is 6.06. The molecule has 0 radical (unpaired) electrons. The molecule has 1 rings (SSSR count). The fraction of sp³-hybridized carbons (Fsp3) is 0.923. The van der Waals surface area contributed by atoms with E-state index in [-0.39, 0.29) is 5.41 Å². The van der Waals surface area contributed by atoms with Crippen molar-refractivity contribution in [3.05, 3.63) is 0 Å². The van der Waals surface area contributed by atoms with E-state index in [4.69, 9.17) is 0 Å². The lowest BCUT2D eigenvalue weighted by atomic mass is 9.93. The third-order valence-electron chi connectivity index (χ3n) is 3.13. The molecular formula is C13H28N4. The predicted molar refractivity (Wildman–Crippen MR) is 74.4 cm³/mol. The molecule has 2 N–H and O–H groups in total. The SMILES string of the molecule is CN=C(NCC(C)(C)CN(C)C)NC1CC1C. The second kappa shape index (κ2) is 5.71. The summed E-state index contributed by atoms with van der Waals surface area (Å²) in [5.41, 5.74) is 0.246. The number of hydrogen-bond acceptors (Lipinski definition) is 2. The number of guanidine groups is 1. The molecule has 1 aliphatic rings. The summed E-state index contributed by atoms with van der Waals surface area (Å²) in [5.74, 6) is 1.73. The zero-order valence-corrected chi connectivity index (χ0v) is 12.2. The Balaban J connectivity index is 2.31. The number of hydrogen-bond donors (Lipinski definition) is 2. The summed E-state index contributed by atoms with van der Waals surface area (Å²) in [4.78, 5) is 6.49. The maximum atomic E-state index is 4.27. The van der Waals surface area contributed by atoms with Crippen molar-refractivity contribution in [1.82, 2.24) is 15.5 Å². The van der Waals surface area contributed by atoms with Gasteiger partial charge in [-0.15, -0.1) is 0 Å². The summed E-state index contributed by atoms with van der Waals surface area (Å²) in [5, 5.41) is 6.86. The second-order valence-electron chi connectivity index (χ2n) is 6.29. The highest BCUT2D eigenvalue weighted by molar-refractivity contribution is 5.80. The lowest BCUT2D eigenvalue weighted by Gasteiger charge is -2.29. The molecular weight excluding hydrogens is 212 g/mol. The van der Waals surface area contributed by atoms with Gasteiger partial charge in [-0.25, -0.2) is 0 Å². The van der Waals surface area contributed by atoms with E-state index in [1.165, 1.54) is 6.42 Å². The highest BCUT2D eigenvalue weighted by Crippen LogP contribution is 2.28. The molecule has 0 bridgehead atoms. The molecule has 0 heterocycles. The number of nitrogens with one attached hydrogen (secondary N) is 2. The van der Waals surface area contributed by atoms with Gasteiger partial charge in [-0.2, -0.15) is 0 Å². The second-order valence-corrected chi connectivity index (χ2v) is 6.29. The van der Waals surface area contributed by atoms with Crippen LogP contribution in [0.3, 0.4) is 0 Å². The topological polar surface area (TPSA) is 39.7 Å². The molecule has 0 aromatic rings. The fourth-order valence-corrected chi connectivity index (χ4v) is 2.13. The molecule has 0 aliphatic heterocycles. The van der Waals surface area contributed by atoms with Crippen molar-refractivity contribution < 1.29 is 0 Å². The first-order chi connectivity index (χ1) is 7.84. The number of rotatable bonds is 5. The molecule has 0 saturated heterocycles. The van der Waals surface area contributed by atoms with Crippen molar-refractivity contribution in [1.29, 1.82) is 0 Å². The summed E-state index contributed by atoms with van der Waals surface area (Å²) >= 11 is 0. The van der Waals surface area contributed by atoms with Gasteiger partial charge < -0.3 is 15.5 Å². The van der Waals surface area contributed by atoms with Crippen LogP contribution < -0.4 is 10.6 Å². The van der Waals surface area contributed by atoms with E-state index >= 15 is 0 Å². The first-order valence-electron chi connectivity index (χ1n) is 6.46. The zero-order valence-electron chi connectivity index (χ0n) is 12.2. The first kappa shape index (κ1) is 14.3. The lowest BCUT2D eigenvalue weighted by molar-refractivity contribution is 0.241. The average molecular weight is 240 g/mol. The largest absolute Gasteiger partial charge is 0.356 e. The highest BCUT2D eigenvalue weighted by atomic mass is 15.2. The van der Waals surface area contributed by atoms with Crippen molar-refractivity contribution in [2.75, 3.05) is 34.2 Å². The first-order valence-corrected chi connectivity index (χ1v) is 6.46. The van der Waals surface area contributed by atoms with Gasteiger partial charge in [0.05, 0.1) is 0 Å². The van der Waals surface area contributed by atoms with Gasteiger partial charge in [0.15, 0.2) is 5.96 Å². The Labute approximate surface area is 106 Å². The molecule has 0 spiro atoms. The van der Waals surface area contributed by atoms with Gasteiger partial charge in [-0.1, -0.05) is 20.8 Å². The third-order valence-corrected chi connectivity index (χ3v) is 3.13. The van der Waals surface area contributed by atoms with Crippen LogP contribution in [0.2, 0.25) is 0 Å². The normalized spacial score (nSPS) is 25.0. The number of nitrogens with zero attached hydrogens (tertiary/aromatic N) is 2. The molecule has 0 aromatic heterocycles. The molecule has 4 heteroatoms. The van der Waals surface area contributed by atoms with E-state index < -0.39 is 0 Å². The molecule has 2 unspecified atom stereocenters. The standard InChI is InChI=1S/C13H28N4/c1-10-7-11(10)16-12(14-4)15-8-13(2,3)9-17(5)6/h10-11H,7-9H2,1-6H3,(H2,14,15,16). The van der Waals surface area contributed by atoms with Crippen molar-refractivity contribution >= 4 is 5.96 Å². The van der Waals surface area contributed by atoms with Gasteiger partial charge in [-0.05, 0) is 31.8 Å². The van der Waals surface area contributed by atoms with Gasteiger partial charge in [0.1, 0.15) is 0 Å². The van der Waals surface area contributed by atoms with Crippen LogP contribution in [0, 0.1) is 11.3 Å². The van der Waals surface area contributed by atoms with Crippen LogP contribution in [-0.2, 0) is 0 Å². The molecule has 100 valence electrons. The smallest absolute Gasteiger partial charge is 0.191 e. The Morgan fingerprint density at radius 3 is 2.41 bits per heavy atom.